The molecule has 0 fully saturated rings. The summed E-state index contributed by atoms with van der Waals surface area (Å²) in [5.41, 5.74) is 0.829. The van der Waals surface area contributed by atoms with Gasteiger partial charge in [0.1, 0.15) is 17.7 Å². The summed E-state index contributed by atoms with van der Waals surface area (Å²) in [6, 6.07) is 6.31. The van der Waals surface area contributed by atoms with Gasteiger partial charge in [0.15, 0.2) is 0 Å². The number of aromatic nitrogens is 1. The standard InChI is InChI=1S/C11H9BrN2O3/c12-7-1-2-10(15)9(5-7)11(16)13-6-8-3-4-17-14-8/h1-5,15H,6H2,(H,13,16). The molecule has 0 saturated carbocycles. The van der Waals surface area contributed by atoms with Crippen LogP contribution in [-0.4, -0.2) is 16.2 Å². The van der Waals surface area contributed by atoms with Gasteiger partial charge in [-0.1, -0.05) is 21.1 Å². The second kappa shape index (κ2) is 5.01. The summed E-state index contributed by atoms with van der Waals surface area (Å²) in [7, 11) is 0. The van der Waals surface area contributed by atoms with Crippen LogP contribution in [0.4, 0.5) is 0 Å². The number of hydrogen-bond acceptors (Lipinski definition) is 4. The van der Waals surface area contributed by atoms with Crippen molar-refractivity contribution in [3.8, 4) is 5.75 Å². The van der Waals surface area contributed by atoms with Gasteiger partial charge in [-0.05, 0) is 18.2 Å². The van der Waals surface area contributed by atoms with Gasteiger partial charge in [-0.2, -0.15) is 0 Å². The zero-order chi connectivity index (χ0) is 12.3. The third kappa shape index (κ3) is 2.85. The van der Waals surface area contributed by atoms with E-state index < -0.39 is 0 Å². The molecular weight excluding hydrogens is 288 g/mol. The maximum atomic E-state index is 11.8. The van der Waals surface area contributed by atoms with E-state index in [1.165, 1.54) is 12.3 Å². The molecule has 0 unspecified atom stereocenters. The van der Waals surface area contributed by atoms with Crippen molar-refractivity contribution in [2.24, 2.45) is 0 Å². The Bertz CT molecular complexity index is 526. The molecule has 0 aliphatic carbocycles. The molecule has 0 radical (unpaired) electrons. The number of carbonyl (C=O) groups excluding carboxylic acids is 1. The van der Waals surface area contributed by atoms with Gasteiger partial charge in [0.2, 0.25) is 0 Å². The molecule has 1 heterocycles. The van der Waals surface area contributed by atoms with E-state index in [2.05, 4.69) is 30.9 Å². The molecule has 2 N–H and O–H groups in total. The number of aromatic hydroxyl groups is 1. The van der Waals surface area contributed by atoms with Crippen LogP contribution >= 0.6 is 15.9 Å². The highest BCUT2D eigenvalue weighted by Gasteiger charge is 2.11. The number of phenols is 1. The molecule has 0 saturated heterocycles. The van der Waals surface area contributed by atoms with Crippen LogP contribution < -0.4 is 5.32 Å². The first-order valence-electron chi connectivity index (χ1n) is 4.83. The van der Waals surface area contributed by atoms with E-state index in [0.717, 1.165) is 4.47 Å². The summed E-state index contributed by atoms with van der Waals surface area (Å²) in [6.45, 7) is 0.251. The number of nitrogens with zero attached hydrogens (tertiary/aromatic N) is 1. The minimum absolute atomic E-state index is 0.0640. The number of carbonyl (C=O) groups is 1. The Labute approximate surface area is 106 Å². The number of hydrogen-bond donors (Lipinski definition) is 2. The van der Waals surface area contributed by atoms with Crippen molar-refractivity contribution < 1.29 is 14.4 Å². The molecule has 0 atom stereocenters. The monoisotopic (exact) mass is 296 g/mol. The van der Waals surface area contributed by atoms with Crippen LogP contribution in [0.3, 0.4) is 0 Å². The Hall–Kier alpha value is -1.82. The smallest absolute Gasteiger partial charge is 0.255 e. The molecule has 1 aromatic heterocycles. The molecule has 0 aliphatic heterocycles. The highest BCUT2D eigenvalue weighted by molar-refractivity contribution is 9.10. The fourth-order valence-electron chi connectivity index (χ4n) is 1.28. The highest BCUT2D eigenvalue weighted by Crippen LogP contribution is 2.21. The zero-order valence-corrected chi connectivity index (χ0v) is 10.3. The molecule has 5 nitrogen and oxygen atoms in total. The van der Waals surface area contributed by atoms with E-state index in [1.807, 2.05) is 0 Å². The number of benzene rings is 1. The van der Waals surface area contributed by atoms with Gasteiger partial charge in [0, 0.05) is 10.5 Å². The summed E-state index contributed by atoms with van der Waals surface area (Å²) in [5.74, 6) is -0.433. The van der Waals surface area contributed by atoms with E-state index in [9.17, 15) is 9.90 Å². The molecule has 0 aliphatic rings. The van der Waals surface area contributed by atoms with E-state index in [1.54, 1.807) is 18.2 Å². The lowest BCUT2D eigenvalue weighted by atomic mass is 10.2. The largest absolute Gasteiger partial charge is 0.507 e. The maximum absolute atomic E-state index is 11.8. The average molecular weight is 297 g/mol. The van der Waals surface area contributed by atoms with E-state index >= 15 is 0 Å². The van der Waals surface area contributed by atoms with Crippen LogP contribution in [0.1, 0.15) is 16.1 Å². The average Bonchev–Trinajstić information content (AvgIpc) is 2.82. The molecule has 0 spiro atoms. The fourth-order valence-corrected chi connectivity index (χ4v) is 1.65. The third-order valence-corrected chi connectivity index (χ3v) is 2.62. The lowest BCUT2D eigenvalue weighted by Gasteiger charge is -2.05. The second-order valence-electron chi connectivity index (χ2n) is 3.33. The van der Waals surface area contributed by atoms with Crippen molar-refractivity contribution >= 4 is 21.8 Å². The summed E-state index contributed by atoms with van der Waals surface area (Å²) < 4.78 is 5.36. The highest BCUT2D eigenvalue weighted by atomic mass is 79.9. The summed E-state index contributed by atoms with van der Waals surface area (Å²) in [4.78, 5) is 11.8. The van der Waals surface area contributed by atoms with Crippen molar-refractivity contribution in [2.75, 3.05) is 0 Å². The Morgan fingerprint density at radius 1 is 1.47 bits per heavy atom. The number of amides is 1. The van der Waals surface area contributed by atoms with E-state index in [-0.39, 0.29) is 23.8 Å². The first-order chi connectivity index (χ1) is 8.16. The van der Waals surface area contributed by atoms with Crippen molar-refractivity contribution in [1.82, 2.24) is 10.5 Å². The molecule has 17 heavy (non-hydrogen) atoms. The number of halogens is 1. The summed E-state index contributed by atoms with van der Waals surface area (Å²) >= 11 is 3.24. The molecule has 2 aromatic rings. The van der Waals surface area contributed by atoms with Crippen molar-refractivity contribution in [2.45, 2.75) is 6.54 Å². The Kier molecular flexibility index (Phi) is 3.43. The van der Waals surface area contributed by atoms with Gasteiger partial charge < -0.3 is 14.9 Å². The van der Waals surface area contributed by atoms with Gasteiger partial charge in [0.05, 0.1) is 12.1 Å². The Balaban J connectivity index is 2.07. The number of phenolic OH excluding ortho intramolecular Hbond substituents is 1. The molecular formula is C11H9BrN2O3. The van der Waals surface area contributed by atoms with Crippen LogP contribution in [0.2, 0.25) is 0 Å². The first-order valence-corrected chi connectivity index (χ1v) is 5.62. The molecule has 88 valence electrons. The summed E-state index contributed by atoms with van der Waals surface area (Å²) in [6.07, 6.45) is 1.43. The number of rotatable bonds is 3. The molecule has 2 rings (SSSR count). The van der Waals surface area contributed by atoms with Crippen LogP contribution in [0, 0.1) is 0 Å². The van der Waals surface area contributed by atoms with Gasteiger partial charge in [0.25, 0.3) is 5.91 Å². The summed E-state index contributed by atoms with van der Waals surface area (Å²) in [5, 5.41) is 15.8. The molecule has 0 bridgehead atoms. The van der Waals surface area contributed by atoms with Crippen molar-refractivity contribution in [3.05, 3.63) is 46.3 Å². The zero-order valence-electron chi connectivity index (χ0n) is 8.68. The molecule has 1 amide bonds. The van der Waals surface area contributed by atoms with Gasteiger partial charge in [-0.15, -0.1) is 0 Å². The van der Waals surface area contributed by atoms with E-state index in [0.29, 0.717) is 5.69 Å². The lowest BCUT2D eigenvalue weighted by molar-refractivity contribution is 0.0947. The van der Waals surface area contributed by atoms with Gasteiger partial charge >= 0.3 is 0 Å². The second-order valence-corrected chi connectivity index (χ2v) is 4.25. The van der Waals surface area contributed by atoms with Gasteiger partial charge in [-0.3, -0.25) is 4.79 Å². The normalized spacial score (nSPS) is 10.2. The van der Waals surface area contributed by atoms with Crippen LogP contribution in [0.15, 0.2) is 39.5 Å². The Morgan fingerprint density at radius 2 is 2.29 bits per heavy atom. The number of nitrogens with one attached hydrogen (secondary N) is 1. The van der Waals surface area contributed by atoms with E-state index in [4.69, 9.17) is 0 Å². The maximum Gasteiger partial charge on any atom is 0.255 e. The first kappa shape index (κ1) is 11.7. The molecule has 1 aromatic carbocycles. The lowest BCUT2D eigenvalue weighted by Crippen LogP contribution is -2.23. The Morgan fingerprint density at radius 3 is 3.00 bits per heavy atom. The predicted octanol–water partition coefficient (Wildman–Crippen LogP) is 2.07. The minimum Gasteiger partial charge on any atom is -0.507 e. The van der Waals surface area contributed by atoms with Crippen molar-refractivity contribution in [3.63, 3.8) is 0 Å². The van der Waals surface area contributed by atoms with Crippen LogP contribution in [0.25, 0.3) is 0 Å². The quantitative estimate of drug-likeness (QED) is 0.909. The third-order valence-electron chi connectivity index (χ3n) is 2.12. The fraction of sp³-hybridized carbons (Fsp3) is 0.0909. The van der Waals surface area contributed by atoms with Crippen molar-refractivity contribution in [1.29, 1.82) is 0 Å². The van der Waals surface area contributed by atoms with Gasteiger partial charge in [-0.25, -0.2) is 0 Å². The topological polar surface area (TPSA) is 75.4 Å². The van der Waals surface area contributed by atoms with Crippen LogP contribution in [0.5, 0.6) is 5.75 Å². The molecule has 6 heteroatoms. The SMILES string of the molecule is O=C(NCc1ccon1)c1cc(Br)ccc1O. The minimum atomic E-state index is -0.369. The van der Waals surface area contributed by atoms with Crippen LogP contribution in [-0.2, 0) is 6.54 Å². The predicted molar refractivity (Wildman–Crippen MR) is 63.5 cm³/mol.